The number of fused-ring (bicyclic) bond motifs is 6. The second kappa shape index (κ2) is 4.18. The highest BCUT2D eigenvalue weighted by Gasteiger charge is 2.34. The fraction of sp³-hybridized carbons (Fsp3) is 0.278. The van der Waals surface area contributed by atoms with E-state index in [1.165, 1.54) is 33.4 Å². The van der Waals surface area contributed by atoms with Crippen molar-refractivity contribution in [1.82, 2.24) is 14.9 Å². The minimum Gasteiger partial charge on any atom is -0.357 e. The van der Waals surface area contributed by atoms with Gasteiger partial charge in [0, 0.05) is 35.9 Å². The molecular weight excluding hydrogens is 258 g/mol. The second-order valence-electron chi connectivity index (χ2n) is 6.12. The molecule has 0 radical (unpaired) electrons. The predicted octanol–water partition coefficient (Wildman–Crippen LogP) is 3.22. The lowest BCUT2D eigenvalue weighted by molar-refractivity contribution is 0.155. The molecule has 1 atom stereocenters. The lowest BCUT2D eigenvalue weighted by atomic mass is 9.88. The lowest BCUT2D eigenvalue weighted by Crippen LogP contribution is -2.39. The summed E-state index contributed by atoms with van der Waals surface area (Å²) >= 11 is 0. The average Bonchev–Trinajstić information content (AvgIpc) is 2.90. The first-order valence-corrected chi connectivity index (χ1v) is 7.66. The maximum Gasteiger partial charge on any atom is 0.0611 e. The van der Waals surface area contributed by atoms with E-state index in [4.69, 9.17) is 0 Å². The number of hydrogen-bond donors (Lipinski definition) is 1. The molecule has 104 valence electrons. The van der Waals surface area contributed by atoms with Crippen molar-refractivity contribution in [2.45, 2.75) is 25.4 Å². The summed E-state index contributed by atoms with van der Waals surface area (Å²) in [6.45, 7) is 2.16. The molecule has 0 unspecified atom stereocenters. The van der Waals surface area contributed by atoms with E-state index < -0.39 is 0 Å². The Balaban J connectivity index is 1.67. The molecule has 1 N–H and O–H groups in total. The third kappa shape index (κ3) is 1.61. The van der Waals surface area contributed by atoms with Gasteiger partial charge in [-0.3, -0.25) is 9.88 Å². The van der Waals surface area contributed by atoms with Gasteiger partial charge in [-0.15, -0.1) is 0 Å². The van der Waals surface area contributed by atoms with E-state index in [0.29, 0.717) is 6.04 Å². The van der Waals surface area contributed by atoms with Gasteiger partial charge in [0.05, 0.1) is 11.7 Å². The van der Waals surface area contributed by atoms with E-state index in [1.807, 2.05) is 6.20 Å². The predicted molar refractivity (Wildman–Crippen MR) is 83.1 cm³/mol. The van der Waals surface area contributed by atoms with Gasteiger partial charge in [-0.25, -0.2) is 0 Å². The monoisotopic (exact) mass is 275 g/mol. The number of benzene rings is 1. The molecule has 0 amide bonds. The molecule has 3 aromatic rings. The molecule has 2 aliphatic heterocycles. The lowest BCUT2D eigenvalue weighted by Gasteiger charge is -2.39. The molecule has 0 saturated heterocycles. The maximum absolute atomic E-state index is 4.69. The maximum atomic E-state index is 4.69. The number of hydrogen-bond acceptors (Lipinski definition) is 2. The number of H-pyrrole nitrogens is 1. The van der Waals surface area contributed by atoms with Gasteiger partial charge in [-0.05, 0) is 36.1 Å². The summed E-state index contributed by atoms with van der Waals surface area (Å²) in [6, 6.07) is 13.4. The van der Waals surface area contributed by atoms with Crippen LogP contribution in [0.3, 0.4) is 0 Å². The second-order valence-corrected chi connectivity index (χ2v) is 6.12. The highest BCUT2D eigenvalue weighted by Crippen LogP contribution is 2.39. The van der Waals surface area contributed by atoms with E-state index in [2.05, 4.69) is 51.3 Å². The van der Waals surface area contributed by atoms with Crippen LogP contribution in [0, 0.1) is 0 Å². The molecule has 2 aromatic heterocycles. The molecule has 0 bridgehead atoms. The summed E-state index contributed by atoms with van der Waals surface area (Å²) in [6.07, 6.45) is 4.13. The summed E-state index contributed by atoms with van der Waals surface area (Å²) in [5, 5.41) is 1.38. The Morgan fingerprint density at radius 1 is 1.14 bits per heavy atom. The van der Waals surface area contributed by atoms with Gasteiger partial charge in [-0.1, -0.05) is 24.3 Å². The van der Waals surface area contributed by atoms with E-state index in [9.17, 15) is 0 Å². The van der Waals surface area contributed by atoms with E-state index in [0.717, 1.165) is 25.9 Å². The van der Waals surface area contributed by atoms with Crippen molar-refractivity contribution in [3.63, 3.8) is 0 Å². The van der Waals surface area contributed by atoms with Crippen LogP contribution in [0.15, 0.2) is 42.6 Å². The highest BCUT2D eigenvalue weighted by molar-refractivity contribution is 5.85. The fourth-order valence-electron chi connectivity index (χ4n) is 3.99. The third-order valence-electron chi connectivity index (χ3n) is 5.01. The average molecular weight is 275 g/mol. The molecular formula is C18H17N3. The number of nitrogens with one attached hydrogen (secondary N) is 1. The van der Waals surface area contributed by atoms with Crippen molar-refractivity contribution < 1.29 is 0 Å². The molecule has 5 rings (SSSR count). The van der Waals surface area contributed by atoms with Crippen LogP contribution in [-0.2, 0) is 19.4 Å². The van der Waals surface area contributed by atoms with Gasteiger partial charge in [0.1, 0.15) is 0 Å². The largest absolute Gasteiger partial charge is 0.357 e. The van der Waals surface area contributed by atoms with Crippen molar-refractivity contribution in [3.05, 3.63) is 65.1 Å². The van der Waals surface area contributed by atoms with Gasteiger partial charge in [0.2, 0.25) is 0 Å². The molecule has 1 aromatic carbocycles. The summed E-state index contributed by atoms with van der Waals surface area (Å²) < 4.78 is 0. The zero-order chi connectivity index (χ0) is 13.8. The Kier molecular flexibility index (Phi) is 2.29. The summed E-state index contributed by atoms with van der Waals surface area (Å²) in [4.78, 5) is 10.9. The van der Waals surface area contributed by atoms with Crippen LogP contribution in [-0.4, -0.2) is 21.4 Å². The Morgan fingerprint density at radius 3 is 3.10 bits per heavy atom. The Labute approximate surface area is 123 Å². The number of nitrogens with zero attached hydrogens (tertiary/aromatic N) is 2. The van der Waals surface area contributed by atoms with Crippen LogP contribution in [0.4, 0.5) is 0 Å². The smallest absolute Gasteiger partial charge is 0.0611 e. The number of para-hydroxylation sites is 1. The van der Waals surface area contributed by atoms with Gasteiger partial charge in [0.25, 0.3) is 0 Å². The van der Waals surface area contributed by atoms with E-state index in [1.54, 1.807) is 0 Å². The van der Waals surface area contributed by atoms with Gasteiger partial charge >= 0.3 is 0 Å². The van der Waals surface area contributed by atoms with Gasteiger partial charge in [0.15, 0.2) is 0 Å². The zero-order valence-corrected chi connectivity index (χ0v) is 11.8. The molecule has 21 heavy (non-hydrogen) atoms. The first-order chi connectivity index (χ1) is 10.4. The molecule has 0 aliphatic carbocycles. The highest BCUT2D eigenvalue weighted by atomic mass is 15.2. The van der Waals surface area contributed by atoms with Crippen molar-refractivity contribution in [3.8, 4) is 0 Å². The van der Waals surface area contributed by atoms with Crippen LogP contribution in [0.25, 0.3) is 10.9 Å². The van der Waals surface area contributed by atoms with Crippen LogP contribution in [0.5, 0.6) is 0 Å². The number of pyridine rings is 1. The topological polar surface area (TPSA) is 31.9 Å². The Bertz CT molecular complexity index is 833. The quantitative estimate of drug-likeness (QED) is 0.683. The normalized spacial score (nSPS) is 20.9. The minimum atomic E-state index is 0.446. The summed E-state index contributed by atoms with van der Waals surface area (Å²) in [5.74, 6) is 0. The van der Waals surface area contributed by atoms with Crippen LogP contribution in [0.1, 0.15) is 28.6 Å². The minimum absolute atomic E-state index is 0.446. The zero-order valence-electron chi connectivity index (χ0n) is 11.8. The first-order valence-electron chi connectivity index (χ1n) is 7.66. The number of rotatable bonds is 0. The summed E-state index contributed by atoms with van der Waals surface area (Å²) in [7, 11) is 0. The van der Waals surface area contributed by atoms with Crippen molar-refractivity contribution >= 4 is 10.9 Å². The fourth-order valence-corrected chi connectivity index (χ4v) is 3.99. The number of aromatic amines is 1. The molecule has 2 aliphatic rings. The SMILES string of the molecule is c1cnc2c(c1)CCN1Cc3[nH]c4ccccc4c3C[C@@H]21. The van der Waals surface area contributed by atoms with Crippen molar-refractivity contribution in [1.29, 1.82) is 0 Å². The van der Waals surface area contributed by atoms with Crippen molar-refractivity contribution in [2.24, 2.45) is 0 Å². The molecule has 4 heterocycles. The molecule has 0 spiro atoms. The van der Waals surface area contributed by atoms with Crippen LogP contribution in [0.2, 0.25) is 0 Å². The van der Waals surface area contributed by atoms with Gasteiger partial charge < -0.3 is 4.98 Å². The molecule has 3 heteroatoms. The summed E-state index contributed by atoms with van der Waals surface area (Å²) in [5.41, 5.74) is 6.88. The Morgan fingerprint density at radius 2 is 2.10 bits per heavy atom. The Hall–Kier alpha value is -2.13. The molecule has 0 fully saturated rings. The van der Waals surface area contributed by atoms with Gasteiger partial charge in [-0.2, -0.15) is 0 Å². The molecule has 0 saturated carbocycles. The van der Waals surface area contributed by atoms with Crippen LogP contribution >= 0.6 is 0 Å². The number of aromatic nitrogens is 2. The van der Waals surface area contributed by atoms with E-state index in [-0.39, 0.29) is 0 Å². The molecule has 3 nitrogen and oxygen atoms in total. The third-order valence-corrected chi connectivity index (χ3v) is 5.01. The van der Waals surface area contributed by atoms with Crippen LogP contribution < -0.4 is 0 Å². The van der Waals surface area contributed by atoms with Crippen molar-refractivity contribution in [2.75, 3.05) is 6.54 Å². The standard InChI is InChI=1S/C18H17N3/c1-2-6-15-13(5-1)14-10-17-18-12(4-3-8-19-18)7-9-21(17)11-16(14)20-15/h1-6,8,17,20H,7,9-11H2/t17-/m0/s1. The first kappa shape index (κ1) is 11.5. The van der Waals surface area contributed by atoms with E-state index >= 15 is 0 Å².